The average molecular weight is 375 g/mol. The van der Waals surface area contributed by atoms with E-state index in [-0.39, 0.29) is 17.2 Å². The first kappa shape index (κ1) is 17.7. The van der Waals surface area contributed by atoms with Gasteiger partial charge >= 0.3 is 0 Å². The summed E-state index contributed by atoms with van der Waals surface area (Å²) in [4.78, 5) is 25.4. The topological polar surface area (TPSA) is 105 Å². The van der Waals surface area contributed by atoms with Gasteiger partial charge in [-0.25, -0.2) is 4.52 Å². The Morgan fingerprint density at radius 1 is 1.18 bits per heavy atom. The number of nitro groups is 1. The standard InChI is InChI=1S/C20H17N5O3/c21-12-14-9-15(11-16(10-14)25(27)28)18-5-4-6-19-17(13-22-24(18)19)20(26)23-7-2-1-3-8-23/h4-6,9-11,13H,1-3,7-8H2. The van der Waals surface area contributed by atoms with Crippen molar-refractivity contribution in [2.45, 2.75) is 19.3 Å². The Hall–Kier alpha value is -3.73. The number of carbonyl (C=O) groups excluding carboxylic acids is 1. The predicted molar refractivity (Wildman–Crippen MR) is 102 cm³/mol. The molecule has 0 N–H and O–H groups in total. The smallest absolute Gasteiger partial charge is 0.271 e. The van der Waals surface area contributed by atoms with Gasteiger partial charge in [-0.15, -0.1) is 0 Å². The normalized spacial score (nSPS) is 14.0. The first-order chi connectivity index (χ1) is 13.6. The van der Waals surface area contributed by atoms with E-state index in [1.54, 1.807) is 35.0 Å². The van der Waals surface area contributed by atoms with Gasteiger partial charge in [-0.3, -0.25) is 14.9 Å². The number of hydrogen-bond acceptors (Lipinski definition) is 5. The van der Waals surface area contributed by atoms with Crippen LogP contribution in [-0.4, -0.2) is 38.4 Å². The van der Waals surface area contributed by atoms with Crippen LogP contribution < -0.4 is 0 Å². The second-order valence-corrected chi connectivity index (χ2v) is 6.76. The Labute approximate surface area is 160 Å². The van der Waals surface area contributed by atoms with Crippen molar-refractivity contribution >= 4 is 17.1 Å². The molecule has 28 heavy (non-hydrogen) atoms. The molecule has 0 bridgehead atoms. The molecule has 3 aromatic rings. The third kappa shape index (κ3) is 3.07. The molecule has 0 radical (unpaired) electrons. The van der Waals surface area contributed by atoms with E-state index in [1.165, 1.54) is 12.1 Å². The molecule has 1 saturated heterocycles. The number of non-ortho nitro benzene ring substituents is 1. The molecular formula is C20H17N5O3. The summed E-state index contributed by atoms with van der Waals surface area (Å²) in [5, 5.41) is 24.8. The van der Waals surface area contributed by atoms with Crippen LogP contribution in [0.4, 0.5) is 5.69 Å². The SMILES string of the molecule is N#Cc1cc(-c2cccc3c(C(=O)N4CCCCC4)cnn23)cc([N+](=O)[O-])c1. The molecule has 0 aliphatic carbocycles. The molecule has 0 unspecified atom stereocenters. The van der Waals surface area contributed by atoms with Crippen molar-refractivity contribution in [1.82, 2.24) is 14.5 Å². The fraction of sp³-hybridized carbons (Fsp3) is 0.250. The Bertz CT molecular complexity index is 1120. The number of likely N-dealkylation sites (tertiary alicyclic amines) is 1. The zero-order chi connectivity index (χ0) is 19.7. The van der Waals surface area contributed by atoms with Gasteiger partial charge in [0.25, 0.3) is 11.6 Å². The predicted octanol–water partition coefficient (Wildman–Crippen LogP) is 3.41. The number of nitro benzene ring substituents is 1. The molecule has 0 spiro atoms. The highest BCUT2D eigenvalue weighted by Gasteiger charge is 2.22. The van der Waals surface area contributed by atoms with Crippen LogP contribution in [0.5, 0.6) is 0 Å². The molecule has 0 atom stereocenters. The van der Waals surface area contributed by atoms with E-state index in [1.807, 2.05) is 11.0 Å². The van der Waals surface area contributed by atoms with Crippen molar-refractivity contribution in [3.8, 4) is 17.3 Å². The van der Waals surface area contributed by atoms with E-state index in [0.29, 0.717) is 22.3 Å². The van der Waals surface area contributed by atoms with E-state index in [2.05, 4.69) is 5.10 Å². The number of pyridine rings is 1. The lowest BCUT2D eigenvalue weighted by Gasteiger charge is -2.26. The van der Waals surface area contributed by atoms with Gasteiger partial charge in [0.15, 0.2) is 0 Å². The lowest BCUT2D eigenvalue weighted by atomic mass is 10.1. The highest BCUT2D eigenvalue weighted by molar-refractivity contribution is 6.01. The summed E-state index contributed by atoms with van der Waals surface area (Å²) in [6.07, 6.45) is 4.68. The number of amides is 1. The molecular weight excluding hydrogens is 358 g/mol. The lowest BCUT2D eigenvalue weighted by molar-refractivity contribution is -0.384. The summed E-state index contributed by atoms with van der Waals surface area (Å²) in [6, 6.07) is 11.5. The van der Waals surface area contributed by atoms with E-state index >= 15 is 0 Å². The van der Waals surface area contributed by atoms with Crippen LogP contribution in [0.3, 0.4) is 0 Å². The maximum atomic E-state index is 12.9. The van der Waals surface area contributed by atoms with Gasteiger partial charge in [-0.2, -0.15) is 10.4 Å². The molecule has 140 valence electrons. The molecule has 1 amide bonds. The third-order valence-electron chi connectivity index (χ3n) is 4.97. The zero-order valence-electron chi connectivity index (χ0n) is 15.0. The van der Waals surface area contributed by atoms with Crippen molar-refractivity contribution < 1.29 is 9.72 Å². The average Bonchev–Trinajstić information content (AvgIpc) is 3.17. The third-order valence-corrected chi connectivity index (χ3v) is 4.97. The number of benzene rings is 1. The van der Waals surface area contributed by atoms with Gasteiger partial charge in [0.1, 0.15) is 0 Å². The van der Waals surface area contributed by atoms with Crippen molar-refractivity contribution in [2.75, 3.05) is 13.1 Å². The first-order valence-corrected chi connectivity index (χ1v) is 9.04. The van der Waals surface area contributed by atoms with E-state index < -0.39 is 4.92 Å². The molecule has 3 heterocycles. The molecule has 2 aromatic heterocycles. The highest BCUT2D eigenvalue weighted by atomic mass is 16.6. The molecule has 8 nitrogen and oxygen atoms in total. The monoisotopic (exact) mass is 375 g/mol. The minimum atomic E-state index is -0.529. The van der Waals surface area contributed by atoms with Crippen LogP contribution in [-0.2, 0) is 0 Å². The van der Waals surface area contributed by atoms with Crippen LogP contribution in [0.25, 0.3) is 16.8 Å². The van der Waals surface area contributed by atoms with Crippen molar-refractivity contribution in [1.29, 1.82) is 5.26 Å². The molecule has 4 rings (SSSR count). The number of nitriles is 1. The Morgan fingerprint density at radius 3 is 2.68 bits per heavy atom. The van der Waals surface area contributed by atoms with E-state index in [4.69, 9.17) is 0 Å². The van der Waals surface area contributed by atoms with Gasteiger partial charge in [0, 0.05) is 30.8 Å². The first-order valence-electron chi connectivity index (χ1n) is 9.04. The summed E-state index contributed by atoms with van der Waals surface area (Å²) in [5.74, 6) is -0.0522. The van der Waals surface area contributed by atoms with Gasteiger partial charge < -0.3 is 4.90 Å². The number of nitrogens with zero attached hydrogens (tertiary/aromatic N) is 5. The Balaban J connectivity index is 1.81. The van der Waals surface area contributed by atoms with E-state index in [9.17, 15) is 20.2 Å². The number of fused-ring (bicyclic) bond motifs is 1. The van der Waals surface area contributed by atoms with Crippen LogP contribution in [0.1, 0.15) is 35.2 Å². The lowest BCUT2D eigenvalue weighted by Crippen LogP contribution is -2.35. The van der Waals surface area contributed by atoms with Crippen molar-refractivity contribution in [3.63, 3.8) is 0 Å². The van der Waals surface area contributed by atoms with Gasteiger partial charge in [-0.05, 0) is 37.5 Å². The van der Waals surface area contributed by atoms with Crippen molar-refractivity contribution in [2.24, 2.45) is 0 Å². The summed E-state index contributed by atoms with van der Waals surface area (Å²) in [6.45, 7) is 1.48. The summed E-state index contributed by atoms with van der Waals surface area (Å²) < 4.78 is 1.59. The number of carbonyl (C=O) groups is 1. The minimum absolute atomic E-state index is 0.0522. The summed E-state index contributed by atoms with van der Waals surface area (Å²) in [5.41, 5.74) is 2.25. The summed E-state index contributed by atoms with van der Waals surface area (Å²) in [7, 11) is 0. The largest absolute Gasteiger partial charge is 0.339 e. The Kier molecular flexibility index (Phi) is 4.49. The van der Waals surface area contributed by atoms with Crippen LogP contribution in [0.15, 0.2) is 42.6 Å². The molecule has 1 fully saturated rings. The maximum absolute atomic E-state index is 12.9. The van der Waals surface area contributed by atoms with Gasteiger partial charge in [0.05, 0.1) is 39.5 Å². The fourth-order valence-electron chi connectivity index (χ4n) is 3.59. The zero-order valence-corrected chi connectivity index (χ0v) is 15.0. The number of rotatable bonds is 3. The fourth-order valence-corrected chi connectivity index (χ4v) is 3.59. The molecule has 1 aromatic carbocycles. The Morgan fingerprint density at radius 2 is 1.96 bits per heavy atom. The van der Waals surface area contributed by atoms with Gasteiger partial charge in [0.2, 0.25) is 0 Å². The quantitative estimate of drug-likeness (QED) is 0.515. The second-order valence-electron chi connectivity index (χ2n) is 6.76. The summed E-state index contributed by atoms with van der Waals surface area (Å²) >= 11 is 0. The molecule has 1 aliphatic heterocycles. The van der Waals surface area contributed by atoms with Crippen LogP contribution in [0, 0.1) is 21.4 Å². The highest BCUT2D eigenvalue weighted by Crippen LogP contribution is 2.28. The second kappa shape index (κ2) is 7.12. The van der Waals surface area contributed by atoms with Crippen molar-refractivity contribution in [3.05, 3.63) is 63.8 Å². The molecule has 0 saturated carbocycles. The van der Waals surface area contributed by atoms with Crippen LogP contribution >= 0.6 is 0 Å². The number of hydrogen-bond donors (Lipinski definition) is 0. The maximum Gasteiger partial charge on any atom is 0.271 e. The van der Waals surface area contributed by atoms with E-state index in [0.717, 1.165) is 32.4 Å². The minimum Gasteiger partial charge on any atom is -0.339 e. The molecule has 8 heteroatoms. The number of aromatic nitrogens is 2. The van der Waals surface area contributed by atoms with Crippen LogP contribution in [0.2, 0.25) is 0 Å². The number of piperidine rings is 1. The molecule has 1 aliphatic rings. The van der Waals surface area contributed by atoms with Gasteiger partial charge in [-0.1, -0.05) is 6.07 Å².